The Balaban J connectivity index is 0.00000408. The molecule has 0 radical (unpaired) electrons. The van der Waals surface area contributed by atoms with Crippen molar-refractivity contribution < 1.29 is 43.7 Å². The molecule has 3 aromatic rings. The van der Waals surface area contributed by atoms with Gasteiger partial charge in [0.1, 0.15) is 5.75 Å². The minimum absolute atomic E-state index is 0. The molecule has 0 amide bonds. The Morgan fingerprint density at radius 2 is 1.65 bits per heavy atom. The molecule has 0 aliphatic carbocycles. The third-order valence-electron chi connectivity index (χ3n) is 5.46. The summed E-state index contributed by atoms with van der Waals surface area (Å²) in [5.74, 6) is -0.516. The van der Waals surface area contributed by atoms with E-state index in [-0.39, 0.29) is 30.8 Å². The first kappa shape index (κ1) is 27.6. The standard InChI is InChI=1S/C27H31NO5.Li/c1-2-3-15-33-24-12-5-8-20(17-24)25(29)14-13-22-10-6-11-23(28-22)18-26(30)19-7-4-9-21(16-19)27(31)32;/h4-12,16-17,25-26,29-30H,2-3,13-15,18H2,1H3,(H,31,32);/q;+1/p-1. The number of benzene rings is 2. The number of carbonyl (C=O) groups is 1. The summed E-state index contributed by atoms with van der Waals surface area (Å²) in [4.78, 5) is 15.7. The van der Waals surface area contributed by atoms with Crippen LogP contribution in [0.5, 0.6) is 5.75 Å². The normalized spacial score (nSPS) is 12.4. The molecule has 2 aromatic carbocycles. The van der Waals surface area contributed by atoms with Gasteiger partial charge in [-0.05, 0) is 66.3 Å². The minimum Gasteiger partial charge on any atom is -0.545 e. The molecule has 1 aromatic heterocycles. The summed E-state index contributed by atoms with van der Waals surface area (Å²) in [5.41, 5.74) is 2.85. The zero-order valence-corrected chi connectivity index (χ0v) is 19.8. The predicted molar refractivity (Wildman–Crippen MR) is 124 cm³/mol. The van der Waals surface area contributed by atoms with Crippen molar-refractivity contribution in [1.82, 2.24) is 4.98 Å². The molecule has 2 atom stereocenters. The summed E-state index contributed by atoms with van der Waals surface area (Å²) in [5, 5.41) is 32.2. The van der Waals surface area contributed by atoms with Crippen molar-refractivity contribution in [2.45, 2.75) is 51.2 Å². The number of aliphatic hydroxyl groups excluding tert-OH is 2. The number of carboxylic acid groups (broad SMARTS) is 1. The molecule has 0 aliphatic rings. The van der Waals surface area contributed by atoms with E-state index in [1.165, 1.54) is 12.1 Å². The van der Waals surface area contributed by atoms with Gasteiger partial charge in [0.05, 0.1) is 24.8 Å². The monoisotopic (exact) mass is 455 g/mol. The molecule has 1 heterocycles. The molecule has 2 N–H and O–H groups in total. The summed E-state index contributed by atoms with van der Waals surface area (Å²) in [6.45, 7) is 2.78. The van der Waals surface area contributed by atoms with Crippen molar-refractivity contribution in [2.75, 3.05) is 6.61 Å². The molecule has 0 saturated heterocycles. The van der Waals surface area contributed by atoms with Crippen LogP contribution in [0.15, 0.2) is 66.7 Å². The largest absolute Gasteiger partial charge is 1.00 e. The van der Waals surface area contributed by atoms with E-state index in [1.807, 2.05) is 42.5 Å². The van der Waals surface area contributed by atoms with E-state index >= 15 is 0 Å². The van der Waals surface area contributed by atoms with Gasteiger partial charge in [-0.1, -0.05) is 49.7 Å². The number of pyridine rings is 1. The van der Waals surface area contributed by atoms with Crippen molar-refractivity contribution in [1.29, 1.82) is 0 Å². The van der Waals surface area contributed by atoms with Crippen molar-refractivity contribution in [2.24, 2.45) is 0 Å². The number of hydrogen-bond donors (Lipinski definition) is 2. The van der Waals surface area contributed by atoms with E-state index in [9.17, 15) is 20.1 Å². The summed E-state index contributed by atoms with van der Waals surface area (Å²) < 4.78 is 5.73. The maximum atomic E-state index is 11.1. The minimum atomic E-state index is -1.28. The topological polar surface area (TPSA) is 103 Å². The number of carbonyl (C=O) groups excluding carboxylic acids is 1. The summed E-state index contributed by atoms with van der Waals surface area (Å²) in [7, 11) is 0. The van der Waals surface area contributed by atoms with Crippen LogP contribution < -0.4 is 28.7 Å². The van der Waals surface area contributed by atoms with Crippen LogP contribution in [0.3, 0.4) is 0 Å². The molecule has 0 bridgehead atoms. The van der Waals surface area contributed by atoms with E-state index in [4.69, 9.17) is 4.74 Å². The van der Waals surface area contributed by atoms with Crippen LogP contribution in [-0.4, -0.2) is 27.8 Å². The van der Waals surface area contributed by atoms with Gasteiger partial charge in [-0.3, -0.25) is 4.98 Å². The number of carboxylic acids is 1. The van der Waals surface area contributed by atoms with Gasteiger partial charge in [0.2, 0.25) is 0 Å². The fraction of sp³-hybridized carbons (Fsp3) is 0.333. The number of aromatic carboxylic acids is 1. The van der Waals surface area contributed by atoms with E-state index in [0.29, 0.717) is 30.7 Å². The van der Waals surface area contributed by atoms with E-state index in [1.54, 1.807) is 12.1 Å². The van der Waals surface area contributed by atoms with Crippen LogP contribution in [0.4, 0.5) is 0 Å². The van der Waals surface area contributed by atoms with Crippen LogP contribution in [0.1, 0.15) is 71.3 Å². The summed E-state index contributed by atoms with van der Waals surface area (Å²) in [6.07, 6.45) is 1.88. The number of aliphatic hydroxyl groups is 2. The van der Waals surface area contributed by atoms with Crippen LogP contribution in [0, 0.1) is 0 Å². The zero-order chi connectivity index (χ0) is 23.6. The Hall–Kier alpha value is -2.62. The molecule has 0 spiro atoms. The molecule has 0 saturated carbocycles. The molecule has 2 unspecified atom stereocenters. The number of ether oxygens (including phenoxy) is 1. The third kappa shape index (κ3) is 8.30. The average Bonchev–Trinajstić information content (AvgIpc) is 2.83. The van der Waals surface area contributed by atoms with E-state index < -0.39 is 18.2 Å². The molecule has 174 valence electrons. The van der Waals surface area contributed by atoms with Gasteiger partial charge >= 0.3 is 18.9 Å². The van der Waals surface area contributed by atoms with Gasteiger partial charge in [0.15, 0.2) is 0 Å². The number of aromatic nitrogens is 1. The first-order valence-corrected chi connectivity index (χ1v) is 11.3. The van der Waals surface area contributed by atoms with Crippen LogP contribution in [0.25, 0.3) is 0 Å². The van der Waals surface area contributed by atoms with Gasteiger partial charge in [0.25, 0.3) is 0 Å². The van der Waals surface area contributed by atoms with Gasteiger partial charge in [-0.15, -0.1) is 0 Å². The van der Waals surface area contributed by atoms with Crippen molar-refractivity contribution in [3.8, 4) is 5.75 Å². The molecule has 34 heavy (non-hydrogen) atoms. The fourth-order valence-corrected chi connectivity index (χ4v) is 3.57. The van der Waals surface area contributed by atoms with Gasteiger partial charge in [-0.2, -0.15) is 0 Å². The first-order chi connectivity index (χ1) is 16.0. The second-order valence-corrected chi connectivity index (χ2v) is 8.08. The summed E-state index contributed by atoms with van der Waals surface area (Å²) in [6, 6.07) is 19.2. The Kier molecular flexibility index (Phi) is 11.3. The molecular weight excluding hydrogens is 425 g/mol. The van der Waals surface area contributed by atoms with Crippen molar-refractivity contribution >= 4 is 5.97 Å². The smallest absolute Gasteiger partial charge is 0.545 e. The molecular formula is C27H30LiNO5. The Morgan fingerprint density at radius 1 is 0.971 bits per heavy atom. The molecule has 3 rings (SSSR count). The SMILES string of the molecule is CCCCOc1cccc(C(O)CCc2cccc(CC(O)c3cccc(C(=O)[O-])c3)n2)c1.[Li+]. The van der Waals surface area contributed by atoms with Gasteiger partial charge in [-0.25, -0.2) is 0 Å². The maximum absolute atomic E-state index is 11.1. The molecule has 0 fully saturated rings. The quantitative estimate of drug-likeness (QED) is 0.306. The number of aryl methyl sites for hydroxylation is 1. The van der Waals surface area contributed by atoms with E-state index in [2.05, 4.69) is 11.9 Å². The zero-order valence-electron chi connectivity index (χ0n) is 19.8. The Bertz CT molecular complexity index is 1060. The third-order valence-corrected chi connectivity index (χ3v) is 5.46. The molecule has 7 heteroatoms. The number of hydrogen-bond acceptors (Lipinski definition) is 6. The number of unbranched alkanes of at least 4 members (excludes halogenated alkanes) is 1. The molecule has 6 nitrogen and oxygen atoms in total. The van der Waals surface area contributed by atoms with Crippen LogP contribution >= 0.6 is 0 Å². The van der Waals surface area contributed by atoms with Crippen molar-refractivity contribution in [3.63, 3.8) is 0 Å². The average molecular weight is 455 g/mol. The number of rotatable bonds is 12. The van der Waals surface area contributed by atoms with Crippen molar-refractivity contribution in [3.05, 3.63) is 94.8 Å². The second-order valence-electron chi connectivity index (χ2n) is 8.08. The predicted octanol–water partition coefficient (Wildman–Crippen LogP) is 0.570. The fourth-order valence-electron chi connectivity index (χ4n) is 3.57. The summed E-state index contributed by atoms with van der Waals surface area (Å²) >= 11 is 0. The van der Waals surface area contributed by atoms with E-state index in [0.717, 1.165) is 29.8 Å². The van der Waals surface area contributed by atoms with Crippen LogP contribution in [-0.2, 0) is 12.8 Å². The maximum Gasteiger partial charge on any atom is 1.00 e. The first-order valence-electron chi connectivity index (χ1n) is 11.3. The van der Waals surface area contributed by atoms with Crippen LogP contribution in [0.2, 0.25) is 0 Å². The van der Waals surface area contributed by atoms with Gasteiger partial charge < -0.3 is 24.9 Å². The van der Waals surface area contributed by atoms with Gasteiger partial charge in [0, 0.05) is 17.8 Å². The Labute approximate surface area is 212 Å². The Morgan fingerprint density at radius 3 is 2.38 bits per heavy atom. The molecule has 0 aliphatic heterocycles. The number of nitrogens with zero attached hydrogens (tertiary/aromatic N) is 1. The second kappa shape index (κ2) is 13.9.